The molecule has 1 aromatic carbocycles. The Morgan fingerprint density at radius 2 is 1.84 bits per heavy atom. The minimum Gasteiger partial charge on any atom is -0.369 e. The van der Waals surface area contributed by atoms with Crippen molar-refractivity contribution in [2.24, 2.45) is 5.73 Å². The third kappa shape index (κ3) is 4.33. The fraction of sp³-hybridized carbons (Fsp3) is 0.294. The molecular weight excluding hydrogens is 338 g/mol. The van der Waals surface area contributed by atoms with E-state index in [1.54, 1.807) is 19.1 Å². The van der Waals surface area contributed by atoms with Crippen molar-refractivity contribution in [3.8, 4) is 0 Å². The van der Waals surface area contributed by atoms with Gasteiger partial charge in [0.1, 0.15) is 5.82 Å². The summed E-state index contributed by atoms with van der Waals surface area (Å²) in [6, 6.07) is 5.54. The van der Waals surface area contributed by atoms with E-state index in [0.29, 0.717) is 11.8 Å². The number of benzene rings is 1. The van der Waals surface area contributed by atoms with Crippen LogP contribution in [-0.2, 0) is 16.5 Å². The van der Waals surface area contributed by atoms with E-state index in [1.165, 1.54) is 13.1 Å². The lowest BCUT2D eigenvalue weighted by molar-refractivity contribution is -0.137. The lowest BCUT2D eigenvalue weighted by Gasteiger charge is -2.31. The molecule has 0 spiro atoms. The topological polar surface area (TPSA) is 68.0 Å². The molecular formula is C17H17F4N3O. The number of halogens is 4. The third-order valence-corrected chi connectivity index (χ3v) is 3.84. The maximum absolute atomic E-state index is 13.8. The number of carbonyl (C=O) groups excluding carboxylic acids is 1. The Morgan fingerprint density at radius 3 is 2.36 bits per heavy atom. The molecule has 4 nitrogen and oxygen atoms in total. The summed E-state index contributed by atoms with van der Waals surface area (Å²) in [5, 5.41) is 2.78. The first-order chi connectivity index (χ1) is 11.5. The van der Waals surface area contributed by atoms with E-state index in [4.69, 9.17) is 5.73 Å². The van der Waals surface area contributed by atoms with Crippen molar-refractivity contribution in [1.82, 2.24) is 10.3 Å². The SMILES string of the molecule is Cc1ccc(C(C)(NCC(N)=O)c2cc(F)cc(C(F)(F)F)c2)nc1. The number of alkyl halides is 3. The molecule has 1 atom stereocenters. The predicted octanol–water partition coefficient (Wildman–Crippen LogP) is 2.89. The van der Waals surface area contributed by atoms with Gasteiger partial charge >= 0.3 is 6.18 Å². The van der Waals surface area contributed by atoms with Crippen molar-refractivity contribution in [2.75, 3.05) is 6.54 Å². The second kappa shape index (κ2) is 6.79. The lowest BCUT2D eigenvalue weighted by atomic mass is 9.86. The highest BCUT2D eigenvalue weighted by atomic mass is 19.4. The van der Waals surface area contributed by atoms with E-state index in [9.17, 15) is 22.4 Å². The van der Waals surface area contributed by atoms with Crippen LogP contribution in [0.4, 0.5) is 17.6 Å². The van der Waals surface area contributed by atoms with Crippen molar-refractivity contribution in [3.05, 3.63) is 64.7 Å². The van der Waals surface area contributed by atoms with E-state index < -0.39 is 29.0 Å². The van der Waals surface area contributed by atoms with Crippen LogP contribution in [0.1, 0.15) is 29.3 Å². The zero-order chi connectivity index (χ0) is 18.8. The number of rotatable bonds is 5. The van der Waals surface area contributed by atoms with Gasteiger partial charge in [-0.25, -0.2) is 4.39 Å². The Labute approximate surface area is 142 Å². The van der Waals surface area contributed by atoms with Crippen LogP contribution in [0.5, 0.6) is 0 Å². The zero-order valence-electron chi connectivity index (χ0n) is 13.6. The number of carbonyl (C=O) groups is 1. The third-order valence-electron chi connectivity index (χ3n) is 3.84. The number of primary amides is 1. The van der Waals surface area contributed by atoms with Crippen LogP contribution >= 0.6 is 0 Å². The molecule has 1 heterocycles. The highest BCUT2D eigenvalue weighted by Gasteiger charge is 2.36. The number of aromatic nitrogens is 1. The van der Waals surface area contributed by atoms with Gasteiger partial charge in [-0.2, -0.15) is 13.2 Å². The number of nitrogens with two attached hydrogens (primary N) is 1. The first kappa shape index (κ1) is 18.9. The minimum absolute atomic E-state index is 0.0163. The summed E-state index contributed by atoms with van der Waals surface area (Å²) in [7, 11) is 0. The first-order valence-electron chi connectivity index (χ1n) is 7.37. The average Bonchev–Trinajstić information content (AvgIpc) is 2.51. The second-order valence-electron chi connectivity index (χ2n) is 5.89. The second-order valence-corrected chi connectivity index (χ2v) is 5.89. The van der Waals surface area contributed by atoms with Crippen molar-refractivity contribution in [2.45, 2.75) is 25.6 Å². The van der Waals surface area contributed by atoms with Crippen molar-refractivity contribution in [3.63, 3.8) is 0 Å². The van der Waals surface area contributed by atoms with E-state index in [2.05, 4.69) is 10.3 Å². The van der Waals surface area contributed by atoms with Gasteiger partial charge < -0.3 is 5.73 Å². The molecule has 0 fully saturated rings. The van der Waals surface area contributed by atoms with Crippen LogP contribution in [0.2, 0.25) is 0 Å². The monoisotopic (exact) mass is 355 g/mol. The molecule has 0 aliphatic rings. The zero-order valence-corrected chi connectivity index (χ0v) is 13.6. The molecule has 0 radical (unpaired) electrons. The van der Waals surface area contributed by atoms with Gasteiger partial charge in [0, 0.05) is 6.20 Å². The highest BCUT2D eigenvalue weighted by molar-refractivity contribution is 5.76. The summed E-state index contributed by atoms with van der Waals surface area (Å²) in [6.07, 6.45) is -3.17. The summed E-state index contributed by atoms with van der Waals surface area (Å²) in [6.45, 7) is 3.00. The fourth-order valence-electron chi connectivity index (χ4n) is 2.41. The van der Waals surface area contributed by atoms with Crippen molar-refractivity contribution >= 4 is 5.91 Å². The molecule has 2 rings (SSSR count). The quantitative estimate of drug-likeness (QED) is 0.811. The summed E-state index contributed by atoms with van der Waals surface area (Å²) in [5.41, 5.74) is 3.83. The molecule has 25 heavy (non-hydrogen) atoms. The molecule has 134 valence electrons. The van der Waals surface area contributed by atoms with Gasteiger partial charge in [-0.05, 0) is 49.2 Å². The van der Waals surface area contributed by atoms with E-state index in [0.717, 1.165) is 17.7 Å². The van der Waals surface area contributed by atoms with Crippen LogP contribution < -0.4 is 11.1 Å². The number of hydrogen-bond acceptors (Lipinski definition) is 3. The molecule has 8 heteroatoms. The van der Waals surface area contributed by atoms with Gasteiger partial charge in [-0.3, -0.25) is 15.1 Å². The van der Waals surface area contributed by atoms with Gasteiger partial charge in [0.2, 0.25) is 5.91 Å². The molecule has 1 amide bonds. The smallest absolute Gasteiger partial charge is 0.369 e. The molecule has 2 aromatic rings. The highest BCUT2D eigenvalue weighted by Crippen LogP contribution is 2.35. The van der Waals surface area contributed by atoms with Crippen LogP contribution in [-0.4, -0.2) is 17.4 Å². The molecule has 0 aliphatic carbocycles. The number of nitrogens with zero attached hydrogens (tertiary/aromatic N) is 1. The Balaban J connectivity index is 2.61. The maximum Gasteiger partial charge on any atom is 0.416 e. The number of aryl methyl sites for hydroxylation is 1. The largest absolute Gasteiger partial charge is 0.416 e. The van der Waals surface area contributed by atoms with Crippen LogP contribution in [0.25, 0.3) is 0 Å². The minimum atomic E-state index is -4.71. The number of hydrogen-bond donors (Lipinski definition) is 2. The maximum atomic E-state index is 13.8. The summed E-state index contributed by atoms with van der Waals surface area (Å²) < 4.78 is 52.9. The number of amides is 1. The van der Waals surface area contributed by atoms with E-state index >= 15 is 0 Å². The van der Waals surface area contributed by atoms with E-state index in [-0.39, 0.29) is 12.1 Å². The molecule has 0 saturated carbocycles. The Kier molecular flexibility index (Phi) is 5.12. The summed E-state index contributed by atoms with van der Waals surface area (Å²) in [4.78, 5) is 15.3. The Morgan fingerprint density at radius 1 is 1.20 bits per heavy atom. The molecule has 0 saturated heterocycles. The molecule has 1 unspecified atom stereocenters. The van der Waals surface area contributed by atoms with Gasteiger partial charge in [0.05, 0.1) is 23.3 Å². The molecule has 1 aromatic heterocycles. The van der Waals surface area contributed by atoms with Crippen LogP contribution in [0.15, 0.2) is 36.5 Å². The predicted molar refractivity (Wildman–Crippen MR) is 84.0 cm³/mol. The summed E-state index contributed by atoms with van der Waals surface area (Å²) in [5.74, 6) is -1.74. The van der Waals surface area contributed by atoms with Gasteiger partial charge in [0.15, 0.2) is 0 Å². The first-order valence-corrected chi connectivity index (χ1v) is 7.37. The van der Waals surface area contributed by atoms with Crippen molar-refractivity contribution < 1.29 is 22.4 Å². The number of nitrogens with one attached hydrogen (secondary N) is 1. The van der Waals surface area contributed by atoms with Crippen LogP contribution in [0.3, 0.4) is 0 Å². The standard InChI is InChI=1S/C17H17F4N3O/c1-10-3-4-14(23-8-10)16(2,24-9-15(22)25)11-5-12(17(19,20)21)7-13(18)6-11/h3-8,24H,9H2,1-2H3,(H2,22,25). The van der Waals surface area contributed by atoms with Crippen LogP contribution in [0, 0.1) is 12.7 Å². The van der Waals surface area contributed by atoms with Gasteiger partial charge in [-0.15, -0.1) is 0 Å². The molecule has 3 N–H and O–H groups in total. The van der Waals surface area contributed by atoms with E-state index in [1.807, 2.05) is 0 Å². The normalized spacial score (nSPS) is 14.2. The average molecular weight is 355 g/mol. The number of pyridine rings is 1. The van der Waals surface area contributed by atoms with Crippen molar-refractivity contribution in [1.29, 1.82) is 0 Å². The molecule has 0 aliphatic heterocycles. The Bertz CT molecular complexity index is 774. The Hall–Kier alpha value is -2.48. The molecule has 0 bridgehead atoms. The van der Waals surface area contributed by atoms with Gasteiger partial charge in [-0.1, -0.05) is 6.07 Å². The fourth-order valence-corrected chi connectivity index (χ4v) is 2.41. The summed E-state index contributed by atoms with van der Waals surface area (Å²) >= 11 is 0. The van der Waals surface area contributed by atoms with Gasteiger partial charge in [0.25, 0.3) is 0 Å². The lowest BCUT2D eigenvalue weighted by Crippen LogP contribution is -2.45.